The maximum absolute atomic E-state index is 14.0. The van der Waals surface area contributed by atoms with Gasteiger partial charge in [-0.05, 0) is 54.7 Å². The molecule has 1 N–H and O–H groups in total. The van der Waals surface area contributed by atoms with E-state index in [0.717, 1.165) is 37.7 Å². The summed E-state index contributed by atoms with van der Waals surface area (Å²) in [5.41, 5.74) is 2.35. The highest BCUT2D eigenvalue weighted by atomic mass is 35.5. The number of amides is 4. The lowest BCUT2D eigenvalue weighted by Gasteiger charge is -2.34. The van der Waals surface area contributed by atoms with Gasteiger partial charge in [0.2, 0.25) is 11.8 Å². The monoisotopic (exact) mass is 619 g/mol. The molecule has 0 unspecified atom stereocenters. The van der Waals surface area contributed by atoms with Gasteiger partial charge in [-0.25, -0.2) is 0 Å². The molecule has 1 atom stereocenters. The third-order valence-corrected chi connectivity index (χ3v) is 8.82. The number of carbonyl (C=O) groups is 4. The molecule has 0 bridgehead atoms. The smallest absolute Gasteiger partial charge is 0.261 e. The van der Waals surface area contributed by atoms with Crippen LogP contribution in [0.3, 0.4) is 0 Å². The number of imide groups is 1. The summed E-state index contributed by atoms with van der Waals surface area (Å²) >= 11 is 12.7. The lowest BCUT2D eigenvalue weighted by molar-refractivity contribution is -0.141. The lowest BCUT2D eigenvalue weighted by Crippen LogP contribution is -2.53. The van der Waals surface area contributed by atoms with Gasteiger partial charge in [0.05, 0.1) is 11.1 Å². The van der Waals surface area contributed by atoms with Crippen molar-refractivity contribution in [2.75, 3.05) is 6.54 Å². The molecule has 3 aromatic rings. The molecule has 0 spiro atoms. The first-order valence-electron chi connectivity index (χ1n) is 14.8. The highest BCUT2D eigenvalue weighted by Gasteiger charge is 2.36. The predicted molar refractivity (Wildman–Crippen MR) is 167 cm³/mol. The van der Waals surface area contributed by atoms with Gasteiger partial charge in [-0.2, -0.15) is 0 Å². The highest BCUT2D eigenvalue weighted by Crippen LogP contribution is 2.26. The van der Waals surface area contributed by atoms with E-state index in [4.69, 9.17) is 23.2 Å². The van der Waals surface area contributed by atoms with E-state index >= 15 is 0 Å². The molecule has 1 fully saturated rings. The minimum Gasteiger partial charge on any atom is -0.352 e. The first-order valence-corrected chi connectivity index (χ1v) is 15.6. The molecule has 4 amide bonds. The minimum atomic E-state index is -0.789. The van der Waals surface area contributed by atoms with E-state index in [9.17, 15) is 19.2 Å². The zero-order valence-corrected chi connectivity index (χ0v) is 25.4. The molecule has 0 saturated heterocycles. The second-order valence-electron chi connectivity index (χ2n) is 11.2. The topological polar surface area (TPSA) is 86.8 Å². The molecule has 1 aliphatic carbocycles. The quantitative estimate of drug-likeness (QED) is 0.250. The first-order chi connectivity index (χ1) is 20.8. The van der Waals surface area contributed by atoms with Crippen LogP contribution < -0.4 is 5.32 Å². The summed E-state index contributed by atoms with van der Waals surface area (Å²) in [5, 5.41) is 4.10. The number of carbonyl (C=O) groups excluding carboxylic acids is 4. The van der Waals surface area contributed by atoms with Gasteiger partial charge in [0, 0.05) is 42.0 Å². The zero-order valence-electron chi connectivity index (χ0n) is 23.9. The summed E-state index contributed by atoms with van der Waals surface area (Å²) in [6.45, 7) is 0.211. The second-order valence-corrected chi connectivity index (χ2v) is 12.1. The molecule has 9 heteroatoms. The number of nitrogens with zero attached hydrogens (tertiary/aromatic N) is 2. The number of hydrogen-bond donors (Lipinski definition) is 1. The second kappa shape index (κ2) is 14.2. The Labute approximate surface area is 262 Å². The van der Waals surface area contributed by atoms with E-state index in [0.29, 0.717) is 33.2 Å². The molecule has 3 aromatic carbocycles. The molecular formula is C34H35Cl2N3O4. The summed E-state index contributed by atoms with van der Waals surface area (Å²) in [7, 11) is 0. The van der Waals surface area contributed by atoms with Crippen molar-refractivity contribution in [1.82, 2.24) is 15.1 Å². The fourth-order valence-electron chi connectivity index (χ4n) is 5.91. The molecule has 2 aliphatic rings. The Balaban J connectivity index is 1.37. The number of nitrogens with one attached hydrogen (secondary N) is 1. The van der Waals surface area contributed by atoms with Gasteiger partial charge in [0.1, 0.15) is 6.04 Å². The summed E-state index contributed by atoms with van der Waals surface area (Å²) in [5.74, 6) is -1.17. The van der Waals surface area contributed by atoms with Gasteiger partial charge in [0.25, 0.3) is 11.8 Å². The van der Waals surface area contributed by atoms with Crippen LogP contribution in [0.2, 0.25) is 10.0 Å². The molecule has 1 heterocycles. The number of halogens is 2. The first kappa shape index (κ1) is 30.8. The van der Waals surface area contributed by atoms with Crippen LogP contribution in [-0.4, -0.2) is 52.1 Å². The third kappa shape index (κ3) is 7.46. The normalized spacial score (nSPS) is 15.7. The maximum atomic E-state index is 14.0. The van der Waals surface area contributed by atoms with E-state index in [1.165, 1.54) is 4.90 Å². The third-order valence-electron chi connectivity index (χ3n) is 8.23. The minimum absolute atomic E-state index is 0.0423. The van der Waals surface area contributed by atoms with Crippen LogP contribution in [-0.2, 0) is 22.6 Å². The largest absolute Gasteiger partial charge is 0.352 e. The van der Waals surface area contributed by atoms with Crippen LogP contribution >= 0.6 is 23.2 Å². The van der Waals surface area contributed by atoms with Gasteiger partial charge < -0.3 is 10.2 Å². The van der Waals surface area contributed by atoms with Crippen LogP contribution in [0, 0.1) is 0 Å². The number of benzene rings is 3. The summed E-state index contributed by atoms with van der Waals surface area (Å²) in [6.07, 6.45) is 5.76. The Hall–Kier alpha value is -3.68. The SMILES string of the molecule is O=C(NC1CCCCC1)[C@H](Cc1ccccc1)N(Cc1ccc(Cl)cc1Cl)C(=O)CCCN1C(=O)c2ccccc2C1=O. The Morgan fingerprint density at radius 3 is 2.19 bits per heavy atom. The molecule has 1 aliphatic heterocycles. The van der Waals surface area contributed by atoms with E-state index in [1.54, 1.807) is 47.4 Å². The van der Waals surface area contributed by atoms with E-state index in [1.807, 2.05) is 30.3 Å². The fraction of sp³-hybridized carbons (Fsp3) is 0.353. The molecule has 7 nitrogen and oxygen atoms in total. The van der Waals surface area contributed by atoms with Gasteiger partial charge in [-0.15, -0.1) is 0 Å². The van der Waals surface area contributed by atoms with Crippen molar-refractivity contribution >= 4 is 46.8 Å². The summed E-state index contributed by atoms with van der Waals surface area (Å²) in [4.78, 5) is 56.4. The lowest BCUT2D eigenvalue weighted by atomic mass is 9.94. The Kier molecular flexibility index (Phi) is 10.2. The average molecular weight is 621 g/mol. The molecule has 0 radical (unpaired) electrons. The van der Waals surface area contributed by atoms with E-state index in [-0.39, 0.29) is 55.6 Å². The molecule has 0 aromatic heterocycles. The van der Waals surface area contributed by atoms with Gasteiger partial charge >= 0.3 is 0 Å². The van der Waals surface area contributed by atoms with Crippen LogP contribution in [0.5, 0.6) is 0 Å². The number of fused-ring (bicyclic) bond motifs is 1. The van der Waals surface area contributed by atoms with Crippen molar-refractivity contribution in [3.8, 4) is 0 Å². The van der Waals surface area contributed by atoms with Crippen LogP contribution in [0.15, 0.2) is 72.8 Å². The maximum Gasteiger partial charge on any atom is 0.261 e. The van der Waals surface area contributed by atoms with Gasteiger partial charge in [-0.3, -0.25) is 24.1 Å². The molecular weight excluding hydrogens is 585 g/mol. The average Bonchev–Trinajstić information content (AvgIpc) is 3.25. The molecule has 224 valence electrons. The van der Waals surface area contributed by atoms with E-state index in [2.05, 4.69) is 5.32 Å². The highest BCUT2D eigenvalue weighted by molar-refractivity contribution is 6.35. The van der Waals surface area contributed by atoms with Crippen molar-refractivity contribution in [3.05, 3.63) is 105 Å². The van der Waals surface area contributed by atoms with Crippen LogP contribution in [0.4, 0.5) is 0 Å². The van der Waals surface area contributed by atoms with Crippen molar-refractivity contribution in [1.29, 1.82) is 0 Å². The Morgan fingerprint density at radius 2 is 1.53 bits per heavy atom. The predicted octanol–water partition coefficient (Wildman–Crippen LogP) is 6.46. The van der Waals surface area contributed by atoms with Crippen molar-refractivity contribution in [2.24, 2.45) is 0 Å². The van der Waals surface area contributed by atoms with Crippen LogP contribution in [0.1, 0.15) is 76.8 Å². The summed E-state index contributed by atoms with van der Waals surface area (Å²) in [6, 6.07) is 20.7. The van der Waals surface area contributed by atoms with Gasteiger partial charge in [-0.1, -0.05) is 91.0 Å². The Bertz CT molecular complexity index is 1450. The molecule has 43 heavy (non-hydrogen) atoms. The number of rotatable bonds is 11. The number of hydrogen-bond acceptors (Lipinski definition) is 4. The molecule has 5 rings (SSSR count). The fourth-order valence-corrected chi connectivity index (χ4v) is 6.37. The Morgan fingerprint density at radius 1 is 0.884 bits per heavy atom. The van der Waals surface area contributed by atoms with Crippen molar-refractivity contribution in [3.63, 3.8) is 0 Å². The zero-order chi connectivity index (χ0) is 30.3. The van der Waals surface area contributed by atoms with Crippen molar-refractivity contribution in [2.45, 2.75) is 70.0 Å². The van der Waals surface area contributed by atoms with E-state index < -0.39 is 6.04 Å². The summed E-state index contributed by atoms with van der Waals surface area (Å²) < 4.78 is 0. The van der Waals surface area contributed by atoms with Gasteiger partial charge in [0.15, 0.2) is 0 Å². The standard InChI is InChI=1S/C34H35Cl2N3O4/c35-25-18-17-24(29(36)21-25)22-39(31(40)16-9-19-38-33(42)27-14-7-8-15-28(27)34(38)43)30(20-23-10-3-1-4-11-23)32(41)37-26-12-5-2-6-13-26/h1,3-4,7-8,10-11,14-15,17-18,21,26,30H,2,5-6,9,12-13,16,19-20,22H2,(H,37,41)/t30-/m0/s1. The molecule has 1 saturated carbocycles. The van der Waals surface area contributed by atoms with Crippen molar-refractivity contribution < 1.29 is 19.2 Å². The van der Waals surface area contributed by atoms with Crippen LogP contribution in [0.25, 0.3) is 0 Å².